The van der Waals surface area contributed by atoms with Gasteiger partial charge in [-0.3, -0.25) is 14.6 Å². The third-order valence-electron chi connectivity index (χ3n) is 1.14. The van der Waals surface area contributed by atoms with E-state index in [9.17, 15) is 9.59 Å². The van der Waals surface area contributed by atoms with E-state index in [0.717, 1.165) is 0 Å². The number of nitrogens with two attached hydrogens (primary N) is 2. The Bertz CT molecular complexity index is 315. The van der Waals surface area contributed by atoms with Gasteiger partial charge in [0, 0.05) is 11.6 Å². The highest BCUT2D eigenvalue weighted by Crippen LogP contribution is 2.15. The fourth-order valence-corrected chi connectivity index (χ4v) is 1.55. The number of aliphatic imine (C=N–C) groups is 1. The Morgan fingerprint density at radius 3 is 2.58 bits per heavy atom. The molecule has 0 bridgehead atoms. The van der Waals surface area contributed by atoms with E-state index >= 15 is 0 Å². The Kier molecular flexibility index (Phi) is 2.39. The highest BCUT2D eigenvalue weighted by Gasteiger charge is 2.09. The van der Waals surface area contributed by atoms with E-state index in [1.54, 1.807) is 0 Å². The van der Waals surface area contributed by atoms with Gasteiger partial charge in [0.25, 0.3) is 11.1 Å². The molecule has 0 aromatic heterocycles. The number of hydrogen-bond acceptors (Lipinski definition) is 3. The van der Waals surface area contributed by atoms with Crippen LogP contribution in [-0.2, 0) is 4.79 Å². The van der Waals surface area contributed by atoms with E-state index in [0.29, 0.717) is 0 Å². The van der Waals surface area contributed by atoms with Crippen molar-refractivity contribution in [3.8, 4) is 0 Å². The van der Waals surface area contributed by atoms with Crippen LogP contribution < -0.4 is 11.5 Å². The Balaban J connectivity index is 2.99. The van der Waals surface area contributed by atoms with Crippen LogP contribution in [0.1, 0.15) is 0 Å². The molecule has 1 heterocycles. The lowest BCUT2D eigenvalue weighted by Gasteiger charge is -2.02. The molecule has 0 saturated heterocycles. The number of primary amides is 2. The van der Waals surface area contributed by atoms with E-state index in [2.05, 4.69) is 4.99 Å². The second-order valence-electron chi connectivity index (χ2n) is 1.97. The number of hydrogen-bond donors (Lipinski definition) is 2. The molecule has 0 spiro atoms. The predicted octanol–water partition coefficient (Wildman–Crippen LogP) is -0.453. The number of rotatable bonds is 1. The summed E-state index contributed by atoms with van der Waals surface area (Å²) in [5.41, 5.74) is 10.0. The van der Waals surface area contributed by atoms with Crippen molar-refractivity contribution in [3.05, 3.63) is 11.6 Å². The maximum Gasteiger partial charge on any atom is 0.274 e. The van der Waals surface area contributed by atoms with Crippen LogP contribution in [-0.4, -0.2) is 22.2 Å². The number of carbonyl (C=O) groups excluding carboxylic acids is 2. The summed E-state index contributed by atoms with van der Waals surface area (Å²) < 4.78 is 0. The molecule has 4 N–H and O–H groups in total. The van der Waals surface area contributed by atoms with Crippen LogP contribution in [0.15, 0.2) is 16.6 Å². The Hall–Kier alpha value is -1.43. The van der Waals surface area contributed by atoms with E-state index in [-0.39, 0.29) is 5.71 Å². The van der Waals surface area contributed by atoms with Crippen LogP contribution in [0.4, 0.5) is 4.79 Å². The van der Waals surface area contributed by atoms with Crippen molar-refractivity contribution < 1.29 is 9.59 Å². The van der Waals surface area contributed by atoms with E-state index in [4.69, 9.17) is 11.5 Å². The van der Waals surface area contributed by atoms with Gasteiger partial charge in [-0.05, 0) is 5.41 Å². The molecule has 0 saturated carbocycles. The first-order valence-corrected chi connectivity index (χ1v) is 4.37. The normalized spacial score (nSPS) is 21.0. The van der Waals surface area contributed by atoms with Crippen LogP contribution in [0.3, 0.4) is 0 Å². The molecule has 2 amide bonds. The first kappa shape index (κ1) is 8.66. The molecule has 0 aromatic carbocycles. The molecule has 0 aromatic rings. The van der Waals surface area contributed by atoms with Crippen LogP contribution in [0.5, 0.6) is 0 Å². The molecule has 0 aliphatic carbocycles. The molecule has 1 unspecified atom stereocenters. The highest BCUT2D eigenvalue weighted by atomic mass is 32.2. The maximum atomic E-state index is 10.7. The van der Waals surface area contributed by atoms with Gasteiger partial charge in [-0.25, -0.2) is 0 Å². The largest absolute Gasteiger partial charge is 0.364 e. The van der Waals surface area contributed by atoms with Crippen molar-refractivity contribution in [2.75, 3.05) is 0 Å². The molecule has 1 aliphatic rings. The lowest BCUT2D eigenvalue weighted by molar-refractivity contribution is -0.111. The quantitative estimate of drug-likeness (QED) is 0.540. The summed E-state index contributed by atoms with van der Waals surface area (Å²) in [5.74, 6) is -0.655. The first-order valence-electron chi connectivity index (χ1n) is 3.01. The molecule has 1 rings (SSSR count). The van der Waals surface area contributed by atoms with E-state index in [1.165, 1.54) is 17.0 Å². The maximum absolute atomic E-state index is 10.7. The zero-order valence-electron chi connectivity index (χ0n) is 6.06. The molecule has 1 aliphatic heterocycles. The van der Waals surface area contributed by atoms with Gasteiger partial charge in [-0.1, -0.05) is 10.5 Å². The summed E-state index contributed by atoms with van der Waals surface area (Å²) in [7, 11) is -0.845. The van der Waals surface area contributed by atoms with Gasteiger partial charge in [0.1, 0.15) is 5.71 Å². The minimum atomic E-state index is -0.845. The zero-order chi connectivity index (χ0) is 9.14. The van der Waals surface area contributed by atoms with E-state index < -0.39 is 21.6 Å². The monoisotopic (exact) mass is 185 g/mol. The lowest BCUT2D eigenvalue weighted by Crippen LogP contribution is -2.25. The summed E-state index contributed by atoms with van der Waals surface area (Å²) in [6, 6.07) is 0. The Morgan fingerprint density at radius 1 is 1.42 bits per heavy atom. The molecule has 64 valence electrons. The second kappa shape index (κ2) is 3.31. The van der Waals surface area contributed by atoms with E-state index in [1.807, 2.05) is 0 Å². The summed E-state index contributed by atoms with van der Waals surface area (Å²) in [4.78, 5) is 24.9. The van der Waals surface area contributed by atoms with Gasteiger partial charge >= 0.3 is 0 Å². The van der Waals surface area contributed by atoms with Gasteiger partial charge in [0.2, 0.25) is 0 Å². The molecule has 5 nitrogen and oxygen atoms in total. The third-order valence-corrected chi connectivity index (χ3v) is 2.50. The SMILES string of the molecule is NC(=O)C1=NC=CS(C(N)=O)=C1. The minimum absolute atomic E-state index is 0.0830. The van der Waals surface area contributed by atoms with Gasteiger partial charge in [0.05, 0.1) is 0 Å². The lowest BCUT2D eigenvalue weighted by atomic mass is 10.4. The molecule has 12 heavy (non-hydrogen) atoms. The van der Waals surface area contributed by atoms with Crippen molar-refractivity contribution in [2.24, 2.45) is 16.5 Å². The second-order valence-corrected chi connectivity index (χ2v) is 3.63. The topological polar surface area (TPSA) is 98.5 Å². The van der Waals surface area contributed by atoms with Crippen LogP contribution in [0.25, 0.3) is 0 Å². The molecule has 1 atom stereocenters. The first-order chi connectivity index (χ1) is 5.61. The molecule has 6 heteroatoms. The minimum Gasteiger partial charge on any atom is -0.364 e. The predicted molar refractivity (Wildman–Crippen MR) is 49.0 cm³/mol. The Morgan fingerprint density at radius 2 is 2.08 bits per heavy atom. The van der Waals surface area contributed by atoms with Crippen molar-refractivity contribution in [3.63, 3.8) is 0 Å². The summed E-state index contributed by atoms with van der Waals surface area (Å²) >= 11 is 0. The van der Waals surface area contributed by atoms with Gasteiger partial charge in [-0.2, -0.15) is 0 Å². The number of nitrogens with zero attached hydrogens (tertiary/aromatic N) is 1. The van der Waals surface area contributed by atoms with Gasteiger partial charge < -0.3 is 11.5 Å². The molecule has 0 radical (unpaired) electrons. The van der Waals surface area contributed by atoms with Crippen LogP contribution in [0.2, 0.25) is 0 Å². The zero-order valence-corrected chi connectivity index (χ0v) is 6.88. The number of amides is 2. The standard InChI is InChI=1S/C6H7N3O2S/c7-5(10)4-3-12(6(8)11)2-1-9-4/h1-3H,(H2,7,10)(H2,8,11). The molecular formula is C6H7N3O2S. The summed E-state index contributed by atoms with van der Waals surface area (Å²) in [6.07, 6.45) is 1.36. The van der Waals surface area contributed by atoms with Crippen molar-refractivity contribution in [2.45, 2.75) is 0 Å². The average Bonchev–Trinajstić information content (AvgIpc) is 2.04. The smallest absolute Gasteiger partial charge is 0.274 e. The molecular weight excluding hydrogens is 178 g/mol. The van der Waals surface area contributed by atoms with Crippen LogP contribution in [0, 0.1) is 0 Å². The number of carbonyl (C=O) groups is 2. The molecule has 0 fully saturated rings. The fraction of sp³-hybridized carbons (Fsp3) is 0. The van der Waals surface area contributed by atoms with Crippen molar-refractivity contribution >= 4 is 32.7 Å². The summed E-state index contributed by atoms with van der Waals surface area (Å²) in [6.45, 7) is 0. The third kappa shape index (κ3) is 1.79. The highest BCUT2D eigenvalue weighted by molar-refractivity contribution is 8.30. The Labute approximate surface area is 71.1 Å². The van der Waals surface area contributed by atoms with Crippen molar-refractivity contribution in [1.29, 1.82) is 0 Å². The average molecular weight is 185 g/mol. The van der Waals surface area contributed by atoms with Gasteiger partial charge in [0.15, 0.2) is 0 Å². The summed E-state index contributed by atoms with van der Waals surface area (Å²) in [5, 5.41) is 2.39. The van der Waals surface area contributed by atoms with Crippen molar-refractivity contribution in [1.82, 2.24) is 0 Å². The van der Waals surface area contributed by atoms with Gasteiger partial charge in [-0.15, -0.1) is 0 Å². The van der Waals surface area contributed by atoms with Crippen LogP contribution >= 0.6 is 10.5 Å². The fourth-order valence-electron chi connectivity index (χ4n) is 0.613.